The molecule has 1 rings (SSSR count). The number of halogens is 1. The summed E-state index contributed by atoms with van der Waals surface area (Å²) in [5.74, 6) is 1.77. The van der Waals surface area contributed by atoms with E-state index in [2.05, 4.69) is 0 Å². The lowest BCUT2D eigenvalue weighted by Crippen LogP contribution is -2.08. The fourth-order valence-corrected chi connectivity index (χ4v) is 3.62. The molecular formula is C10H13ClO2S2. The summed E-state index contributed by atoms with van der Waals surface area (Å²) in [6.07, 6.45) is 0. The maximum atomic E-state index is 11.8. The Kier molecular flexibility index (Phi) is 4.96. The number of sulfone groups is 1. The first-order valence-corrected chi connectivity index (χ1v) is 7.81. The van der Waals surface area contributed by atoms with E-state index in [1.807, 2.05) is 6.92 Å². The van der Waals surface area contributed by atoms with Gasteiger partial charge in [-0.25, -0.2) is 8.42 Å². The molecule has 0 aliphatic carbocycles. The molecule has 0 saturated heterocycles. The summed E-state index contributed by atoms with van der Waals surface area (Å²) in [6.45, 7) is 2.01. The van der Waals surface area contributed by atoms with Crippen molar-refractivity contribution in [1.82, 2.24) is 0 Å². The lowest BCUT2D eigenvalue weighted by molar-refractivity contribution is 0.597. The van der Waals surface area contributed by atoms with Crippen LogP contribution in [0.5, 0.6) is 0 Å². The quantitative estimate of drug-likeness (QED) is 0.767. The molecule has 0 spiro atoms. The summed E-state index contributed by atoms with van der Waals surface area (Å²) in [5.41, 5.74) is 0. The van der Waals surface area contributed by atoms with Crippen molar-refractivity contribution in [2.24, 2.45) is 0 Å². The van der Waals surface area contributed by atoms with E-state index >= 15 is 0 Å². The summed E-state index contributed by atoms with van der Waals surface area (Å²) < 4.78 is 23.5. The van der Waals surface area contributed by atoms with Gasteiger partial charge in [0.25, 0.3) is 0 Å². The zero-order chi connectivity index (χ0) is 11.3. The van der Waals surface area contributed by atoms with Gasteiger partial charge in [0.15, 0.2) is 9.84 Å². The largest absolute Gasteiger partial charge is 0.224 e. The molecule has 0 bridgehead atoms. The van der Waals surface area contributed by atoms with E-state index in [0.717, 1.165) is 5.75 Å². The van der Waals surface area contributed by atoms with Crippen molar-refractivity contribution in [2.45, 2.75) is 11.8 Å². The SMILES string of the molecule is CCSCCS(=O)(=O)c1ccc(Cl)cc1. The molecule has 0 heterocycles. The van der Waals surface area contributed by atoms with Gasteiger partial charge in [0.2, 0.25) is 0 Å². The second-order valence-corrected chi connectivity index (χ2v) is 6.91. The molecule has 1 aromatic rings. The van der Waals surface area contributed by atoms with Crippen molar-refractivity contribution in [1.29, 1.82) is 0 Å². The number of rotatable bonds is 5. The van der Waals surface area contributed by atoms with Crippen LogP contribution in [0.2, 0.25) is 5.02 Å². The van der Waals surface area contributed by atoms with Crippen molar-refractivity contribution in [2.75, 3.05) is 17.3 Å². The van der Waals surface area contributed by atoms with Crippen molar-refractivity contribution in [3.05, 3.63) is 29.3 Å². The minimum Gasteiger partial charge on any atom is -0.224 e. The Morgan fingerprint density at radius 1 is 1.27 bits per heavy atom. The highest BCUT2D eigenvalue weighted by Gasteiger charge is 2.13. The molecule has 0 unspecified atom stereocenters. The third kappa shape index (κ3) is 4.05. The Morgan fingerprint density at radius 2 is 1.87 bits per heavy atom. The molecule has 2 nitrogen and oxygen atoms in total. The fourth-order valence-electron chi connectivity index (χ4n) is 1.07. The molecule has 0 amide bonds. The van der Waals surface area contributed by atoms with Crippen LogP contribution in [-0.2, 0) is 9.84 Å². The summed E-state index contributed by atoms with van der Waals surface area (Å²) in [5, 5.41) is 0.553. The average Bonchev–Trinajstić information content (AvgIpc) is 2.18. The summed E-state index contributed by atoms with van der Waals surface area (Å²) in [6, 6.07) is 6.30. The lowest BCUT2D eigenvalue weighted by atomic mass is 10.4. The van der Waals surface area contributed by atoms with Crippen molar-refractivity contribution in [3.63, 3.8) is 0 Å². The first-order chi connectivity index (χ1) is 7.06. The van der Waals surface area contributed by atoms with Gasteiger partial charge in [-0.2, -0.15) is 11.8 Å². The second kappa shape index (κ2) is 5.77. The Balaban J connectivity index is 2.73. The molecule has 0 aliphatic rings. The molecule has 1 aromatic carbocycles. The molecule has 0 aromatic heterocycles. The van der Waals surface area contributed by atoms with Crippen molar-refractivity contribution in [3.8, 4) is 0 Å². The summed E-state index contributed by atoms with van der Waals surface area (Å²) in [4.78, 5) is 0.351. The summed E-state index contributed by atoms with van der Waals surface area (Å²) in [7, 11) is -3.13. The molecule has 0 radical (unpaired) electrons. The molecule has 0 fully saturated rings. The number of benzene rings is 1. The van der Waals surface area contributed by atoms with E-state index in [4.69, 9.17) is 11.6 Å². The standard InChI is InChI=1S/C10H13ClO2S2/c1-2-14-7-8-15(12,13)10-5-3-9(11)4-6-10/h3-6H,2,7-8H2,1H3. The van der Waals surface area contributed by atoms with E-state index in [1.54, 1.807) is 36.0 Å². The minimum atomic E-state index is -3.13. The van der Waals surface area contributed by atoms with Crippen molar-refractivity contribution < 1.29 is 8.42 Å². The number of hydrogen-bond acceptors (Lipinski definition) is 3. The molecule has 0 aliphatic heterocycles. The number of hydrogen-bond donors (Lipinski definition) is 0. The highest BCUT2D eigenvalue weighted by Crippen LogP contribution is 2.16. The van der Waals surface area contributed by atoms with Crippen molar-refractivity contribution >= 4 is 33.2 Å². The smallest absolute Gasteiger partial charge is 0.179 e. The van der Waals surface area contributed by atoms with Gasteiger partial charge in [0, 0.05) is 10.8 Å². The van der Waals surface area contributed by atoms with Crippen LogP contribution in [0.25, 0.3) is 0 Å². The Labute approximate surface area is 99.9 Å². The molecule has 84 valence electrons. The van der Waals surface area contributed by atoms with Gasteiger partial charge in [-0.3, -0.25) is 0 Å². The number of thioether (sulfide) groups is 1. The van der Waals surface area contributed by atoms with Crippen LogP contribution in [0.1, 0.15) is 6.92 Å². The minimum absolute atomic E-state index is 0.188. The zero-order valence-electron chi connectivity index (χ0n) is 8.44. The maximum absolute atomic E-state index is 11.8. The first kappa shape index (κ1) is 12.9. The summed E-state index contributed by atoms with van der Waals surface area (Å²) >= 11 is 7.32. The van der Waals surface area contributed by atoms with Gasteiger partial charge in [0.05, 0.1) is 10.6 Å². The first-order valence-electron chi connectivity index (χ1n) is 4.62. The highest BCUT2D eigenvalue weighted by atomic mass is 35.5. The lowest BCUT2D eigenvalue weighted by Gasteiger charge is -2.03. The van der Waals surface area contributed by atoms with Crippen LogP contribution in [-0.4, -0.2) is 25.7 Å². The van der Waals surface area contributed by atoms with Gasteiger partial charge in [-0.05, 0) is 30.0 Å². The van der Waals surface area contributed by atoms with Crippen LogP contribution >= 0.6 is 23.4 Å². The third-order valence-electron chi connectivity index (χ3n) is 1.87. The molecular weight excluding hydrogens is 252 g/mol. The van der Waals surface area contributed by atoms with Crippen LogP contribution in [0, 0.1) is 0 Å². The monoisotopic (exact) mass is 264 g/mol. The normalized spacial score (nSPS) is 11.6. The Hall–Kier alpha value is -0.190. The third-order valence-corrected chi connectivity index (χ3v) is 5.02. The van der Waals surface area contributed by atoms with E-state index in [1.165, 1.54) is 0 Å². The van der Waals surface area contributed by atoms with E-state index in [0.29, 0.717) is 15.7 Å². The zero-order valence-corrected chi connectivity index (χ0v) is 10.8. The predicted molar refractivity (Wildman–Crippen MR) is 66.5 cm³/mol. The van der Waals surface area contributed by atoms with Gasteiger partial charge >= 0.3 is 0 Å². The molecule has 15 heavy (non-hydrogen) atoms. The van der Waals surface area contributed by atoms with E-state index in [9.17, 15) is 8.42 Å². The predicted octanol–water partition coefficient (Wildman–Crippen LogP) is 2.87. The molecule has 0 saturated carbocycles. The van der Waals surface area contributed by atoms with Crippen LogP contribution in [0.15, 0.2) is 29.2 Å². The Morgan fingerprint density at radius 3 is 2.40 bits per heavy atom. The van der Waals surface area contributed by atoms with Crippen LogP contribution in [0.3, 0.4) is 0 Å². The maximum Gasteiger partial charge on any atom is 0.179 e. The van der Waals surface area contributed by atoms with Crippen LogP contribution in [0.4, 0.5) is 0 Å². The van der Waals surface area contributed by atoms with Gasteiger partial charge in [0.1, 0.15) is 0 Å². The highest BCUT2D eigenvalue weighted by molar-refractivity contribution is 8.00. The molecule has 5 heteroatoms. The molecule has 0 N–H and O–H groups in total. The molecule has 0 atom stereocenters. The fraction of sp³-hybridized carbons (Fsp3) is 0.400. The second-order valence-electron chi connectivity index (χ2n) is 2.97. The average molecular weight is 265 g/mol. The topological polar surface area (TPSA) is 34.1 Å². The van der Waals surface area contributed by atoms with E-state index < -0.39 is 9.84 Å². The Bertz CT molecular complexity index is 398. The van der Waals surface area contributed by atoms with Gasteiger partial charge < -0.3 is 0 Å². The van der Waals surface area contributed by atoms with Gasteiger partial charge in [-0.15, -0.1) is 0 Å². The van der Waals surface area contributed by atoms with Gasteiger partial charge in [-0.1, -0.05) is 18.5 Å². The van der Waals surface area contributed by atoms with Crippen LogP contribution < -0.4 is 0 Å². The van der Waals surface area contributed by atoms with E-state index in [-0.39, 0.29) is 5.75 Å².